The molecule has 1 N–H and O–H groups in total. The van der Waals surface area contributed by atoms with Crippen molar-refractivity contribution in [2.45, 2.75) is 19.9 Å². The number of halogens is 2. The van der Waals surface area contributed by atoms with Crippen LogP contribution < -0.4 is 10.1 Å². The average Bonchev–Trinajstić information content (AvgIpc) is 2.47. The maximum absolute atomic E-state index is 6.34. The monoisotopic (exact) mass is 323 g/mol. The van der Waals surface area contributed by atoms with E-state index < -0.39 is 0 Å². The molecule has 0 saturated heterocycles. The van der Waals surface area contributed by atoms with Crippen molar-refractivity contribution in [2.75, 3.05) is 13.2 Å². The molecule has 4 heteroatoms. The minimum atomic E-state index is 0.0374. The summed E-state index contributed by atoms with van der Waals surface area (Å²) in [6, 6.07) is 13.7. The minimum Gasteiger partial charge on any atom is -0.494 e. The summed E-state index contributed by atoms with van der Waals surface area (Å²) >= 11 is 12.3. The molecule has 21 heavy (non-hydrogen) atoms. The number of hydrogen-bond donors (Lipinski definition) is 1. The van der Waals surface area contributed by atoms with E-state index in [-0.39, 0.29) is 6.04 Å². The van der Waals surface area contributed by atoms with Crippen LogP contribution in [0.3, 0.4) is 0 Å². The molecule has 0 aliphatic carbocycles. The van der Waals surface area contributed by atoms with Gasteiger partial charge in [-0.05, 0) is 48.9 Å². The fourth-order valence-corrected chi connectivity index (χ4v) is 2.79. The van der Waals surface area contributed by atoms with Crippen molar-refractivity contribution in [3.63, 3.8) is 0 Å². The van der Waals surface area contributed by atoms with Crippen LogP contribution in [-0.2, 0) is 0 Å². The van der Waals surface area contributed by atoms with Crippen molar-refractivity contribution in [1.29, 1.82) is 0 Å². The first-order valence-electron chi connectivity index (χ1n) is 7.06. The molecule has 0 aliphatic heterocycles. The molecule has 1 unspecified atom stereocenters. The second-order valence-corrected chi connectivity index (χ2v) is 5.50. The van der Waals surface area contributed by atoms with Crippen molar-refractivity contribution in [1.82, 2.24) is 5.32 Å². The van der Waals surface area contributed by atoms with Crippen LogP contribution in [0.1, 0.15) is 31.0 Å². The third kappa shape index (κ3) is 4.13. The standard InChI is InChI=1S/C17H19Cl2NO/c1-3-20-17(15-10-7-13(18)11-16(15)19)12-5-8-14(9-6-12)21-4-2/h5-11,17,20H,3-4H2,1-2H3. The van der Waals surface area contributed by atoms with Crippen molar-refractivity contribution in [2.24, 2.45) is 0 Å². The first-order chi connectivity index (χ1) is 10.2. The molecule has 0 heterocycles. The van der Waals surface area contributed by atoms with Gasteiger partial charge in [0.1, 0.15) is 5.75 Å². The van der Waals surface area contributed by atoms with Crippen LogP contribution in [0.5, 0.6) is 5.75 Å². The second-order valence-electron chi connectivity index (χ2n) is 4.66. The molecule has 0 radical (unpaired) electrons. The Morgan fingerprint density at radius 3 is 2.33 bits per heavy atom. The predicted octanol–water partition coefficient (Wildman–Crippen LogP) is 5.09. The lowest BCUT2D eigenvalue weighted by molar-refractivity contribution is 0.340. The molecule has 2 aromatic carbocycles. The highest BCUT2D eigenvalue weighted by Crippen LogP contribution is 2.31. The van der Waals surface area contributed by atoms with E-state index in [9.17, 15) is 0 Å². The maximum atomic E-state index is 6.34. The molecular formula is C17H19Cl2NO. The highest BCUT2D eigenvalue weighted by atomic mass is 35.5. The SMILES string of the molecule is CCNC(c1ccc(OCC)cc1)c1ccc(Cl)cc1Cl. The molecule has 0 aromatic heterocycles. The summed E-state index contributed by atoms with van der Waals surface area (Å²) in [5.74, 6) is 0.874. The van der Waals surface area contributed by atoms with E-state index in [2.05, 4.69) is 24.4 Å². The van der Waals surface area contributed by atoms with Gasteiger partial charge in [-0.3, -0.25) is 0 Å². The van der Waals surface area contributed by atoms with Gasteiger partial charge in [-0.15, -0.1) is 0 Å². The number of ether oxygens (including phenoxy) is 1. The number of benzene rings is 2. The number of nitrogens with one attached hydrogen (secondary N) is 1. The Morgan fingerprint density at radius 2 is 1.76 bits per heavy atom. The fraction of sp³-hybridized carbons (Fsp3) is 0.294. The van der Waals surface area contributed by atoms with Crippen LogP contribution in [0.25, 0.3) is 0 Å². The van der Waals surface area contributed by atoms with Gasteiger partial charge in [0.15, 0.2) is 0 Å². The van der Waals surface area contributed by atoms with Crippen LogP contribution in [0, 0.1) is 0 Å². The molecule has 0 amide bonds. The van der Waals surface area contributed by atoms with Gasteiger partial charge in [0.25, 0.3) is 0 Å². The van der Waals surface area contributed by atoms with Gasteiger partial charge in [-0.2, -0.15) is 0 Å². The van der Waals surface area contributed by atoms with Crippen molar-refractivity contribution < 1.29 is 4.74 Å². The Labute approximate surface area is 136 Å². The normalized spacial score (nSPS) is 12.2. The van der Waals surface area contributed by atoms with Gasteiger partial charge in [-0.1, -0.05) is 48.3 Å². The molecule has 0 aliphatic rings. The van der Waals surface area contributed by atoms with Crippen molar-refractivity contribution >= 4 is 23.2 Å². The lowest BCUT2D eigenvalue weighted by Gasteiger charge is -2.20. The smallest absolute Gasteiger partial charge is 0.119 e. The lowest BCUT2D eigenvalue weighted by Crippen LogP contribution is -2.22. The Morgan fingerprint density at radius 1 is 1.05 bits per heavy atom. The van der Waals surface area contributed by atoms with Crippen LogP contribution in [-0.4, -0.2) is 13.2 Å². The lowest BCUT2D eigenvalue weighted by atomic mass is 9.98. The molecule has 1 atom stereocenters. The van der Waals surface area contributed by atoms with E-state index >= 15 is 0 Å². The zero-order valence-electron chi connectivity index (χ0n) is 12.2. The second kappa shape index (κ2) is 7.69. The average molecular weight is 324 g/mol. The van der Waals surface area contributed by atoms with Gasteiger partial charge in [0.05, 0.1) is 12.6 Å². The summed E-state index contributed by atoms with van der Waals surface area (Å²) in [5.41, 5.74) is 2.16. The fourth-order valence-electron chi connectivity index (χ4n) is 2.27. The molecule has 2 aromatic rings. The zero-order chi connectivity index (χ0) is 15.2. The van der Waals surface area contributed by atoms with E-state index in [1.54, 1.807) is 6.07 Å². The summed E-state index contributed by atoms with van der Waals surface area (Å²) in [6.07, 6.45) is 0. The summed E-state index contributed by atoms with van der Waals surface area (Å²) in [5, 5.41) is 4.77. The molecule has 2 nitrogen and oxygen atoms in total. The van der Waals surface area contributed by atoms with E-state index in [1.165, 1.54) is 0 Å². The molecule has 0 bridgehead atoms. The maximum Gasteiger partial charge on any atom is 0.119 e. The molecule has 0 fully saturated rings. The Balaban J connectivity index is 2.33. The molecule has 0 spiro atoms. The van der Waals surface area contributed by atoms with Crippen LogP contribution in [0.2, 0.25) is 10.0 Å². The van der Waals surface area contributed by atoms with Gasteiger partial charge < -0.3 is 10.1 Å². The van der Waals surface area contributed by atoms with E-state index in [4.69, 9.17) is 27.9 Å². The first kappa shape index (κ1) is 16.2. The Kier molecular flexibility index (Phi) is 5.92. The van der Waals surface area contributed by atoms with Gasteiger partial charge in [0, 0.05) is 10.0 Å². The van der Waals surface area contributed by atoms with Crippen molar-refractivity contribution in [3.05, 3.63) is 63.6 Å². The predicted molar refractivity (Wildman–Crippen MR) is 89.6 cm³/mol. The van der Waals surface area contributed by atoms with Crippen LogP contribution >= 0.6 is 23.2 Å². The third-order valence-corrected chi connectivity index (χ3v) is 3.77. The Bertz CT molecular complexity index is 584. The van der Waals surface area contributed by atoms with Gasteiger partial charge in [0.2, 0.25) is 0 Å². The molecule has 0 saturated carbocycles. The van der Waals surface area contributed by atoms with E-state index in [1.807, 2.05) is 31.2 Å². The summed E-state index contributed by atoms with van der Waals surface area (Å²) in [7, 11) is 0. The van der Waals surface area contributed by atoms with Gasteiger partial charge in [-0.25, -0.2) is 0 Å². The molecular weight excluding hydrogens is 305 g/mol. The highest BCUT2D eigenvalue weighted by Gasteiger charge is 2.16. The summed E-state index contributed by atoms with van der Waals surface area (Å²) in [6.45, 7) is 5.56. The van der Waals surface area contributed by atoms with Crippen molar-refractivity contribution in [3.8, 4) is 5.75 Å². The highest BCUT2D eigenvalue weighted by molar-refractivity contribution is 6.35. The number of rotatable bonds is 6. The third-order valence-electron chi connectivity index (χ3n) is 3.21. The largest absolute Gasteiger partial charge is 0.494 e. The van der Waals surface area contributed by atoms with E-state index in [0.29, 0.717) is 16.7 Å². The van der Waals surface area contributed by atoms with E-state index in [0.717, 1.165) is 23.4 Å². The quantitative estimate of drug-likeness (QED) is 0.799. The van der Waals surface area contributed by atoms with Crippen LogP contribution in [0.15, 0.2) is 42.5 Å². The number of hydrogen-bond acceptors (Lipinski definition) is 2. The summed E-state index contributed by atoms with van der Waals surface area (Å²) < 4.78 is 5.48. The first-order valence-corrected chi connectivity index (χ1v) is 7.82. The minimum absolute atomic E-state index is 0.0374. The zero-order valence-corrected chi connectivity index (χ0v) is 13.7. The van der Waals surface area contributed by atoms with Gasteiger partial charge >= 0.3 is 0 Å². The molecule has 2 rings (SSSR count). The molecule has 112 valence electrons. The van der Waals surface area contributed by atoms with Crippen LogP contribution in [0.4, 0.5) is 0 Å². The topological polar surface area (TPSA) is 21.3 Å². The summed E-state index contributed by atoms with van der Waals surface area (Å²) in [4.78, 5) is 0. The Hall–Kier alpha value is -1.22.